The summed E-state index contributed by atoms with van der Waals surface area (Å²) < 4.78 is 22.1. The number of rotatable bonds is 5. The lowest BCUT2D eigenvalue weighted by molar-refractivity contribution is 0.0954. The second-order valence-corrected chi connectivity index (χ2v) is 8.41. The molecule has 0 aromatic carbocycles. The van der Waals surface area contributed by atoms with Crippen LogP contribution in [0.25, 0.3) is 0 Å². The molecule has 4 nitrogen and oxygen atoms in total. The van der Waals surface area contributed by atoms with Crippen LogP contribution in [0.2, 0.25) is 0 Å². The number of aryl methyl sites for hydroxylation is 1. The van der Waals surface area contributed by atoms with Crippen LogP contribution < -0.4 is 5.32 Å². The van der Waals surface area contributed by atoms with Crippen molar-refractivity contribution in [3.8, 4) is 0 Å². The summed E-state index contributed by atoms with van der Waals surface area (Å²) in [5.41, 5.74) is 0.995. The van der Waals surface area contributed by atoms with Gasteiger partial charge in [-0.3, -0.25) is 4.79 Å². The number of carbonyl (C=O) groups excluding carboxylic acids is 1. The Kier molecular flexibility index (Phi) is 4.55. The molecular formula is C12H19NO3S2. The lowest BCUT2D eigenvalue weighted by Crippen LogP contribution is -2.43. The van der Waals surface area contributed by atoms with E-state index in [1.54, 1.807) is 13.8 Å². The molecule has 0 spiro atoms. The van der Waals surface area contributed by atoms with Crippen LogP contribution in [0.15, 0.2) is 11.4 Å². The Bertz CT molecular complexity index is 529. The summed E-state index contributed by atoms with van der Waals surface area (Å²) >= 11 is 1.38. The van der Waals surface area contributed by atoms with Crippen molar-refractivity contribution in [2.24, 2.45) is 0 Å². The molecule has 18 heavy (non-hydrogen) atoms. The second kappa shape index (κ2) is 5.40. The summed E-state index contributed by atoms with van der Waals surface area (Å²) in [5.74, 6) is -0.196. The van der Waals surface area contributed by atoms with Crippen LogP contribution >= 0.6 is 11.3 Å². The number of thiophene rings is 1. The van der Waals surface area contributed by atoms with Crippen LogP contribution in [0.4, 0.5) is 0 Å². The minimum Gasteiger partial charge on any atom is -0.350 e. The molecule has 6 heteroatoms. The van der Waals surface area contributed by atoms with Gasteiger partial charge in [0.05, 0.1) is 9.62 Å². The highest BCUT2D eigenvalue weighted by molar-refractivity contribution is 7.92. The first-order chi connectivity index (χ1) is 8.19. The maximum Gasteiger partial charge on any atom is 0.261 e. The van der Waals surface area contributed by atoms with E-state index >= 15 is 0 Å². The highest BCUT2D eigenvalue weighted by atomic mass is 32.2. The van der Waals surface area contributed by atoms with Crippen molar-refractivity contribution in [3.05, 3.63) is 21.9 Å². The number of hydrogen-bond donors (Lipinski definition) is 1. The molecule has 1 N–H and O–H groups in total. The van der Waals surface area contributed by atoms with Crippen LogP contribution in [0, 0.1) is 0 Å². The summed E-state index contributed by atoms with van der Waals surface area (Å²) in [6.07, 6.45) is 1.98. The van der Waals surface area contributed by atoms with E-state index < -0.39 is 14.6 Å². The molecule has 102 valence electrons. The SMILES string of the molecule is CCc1ccsc1C(=O)NCC(C)(C)S(C)(=O)=O. The van der Waals surface area contributed by atoms with Gasteiger partial charge in [0.15, 0.2) is 9.84 Å². The molecule has 0 aliphatic carbocycles. The van der Waals surface area contributed by atoms with Crippen molar-refractivity contribution < 1.29 is 13.2 Å². The quantitative estimate of drug-likeness (QED) is 0.900. The Labute approximate surface area is 112 Å². The van der Waals surface area contributed by atoms with Gasteiger partial charge in [0.25, 0.3) is 5.91 Å². The van der Waals surface area contributed by atoms with E-state index in [0.29, 0.717) is 4.88 Å². The molecule has 1 heterocycles. The van der Waals surface area contributed by atoms with Crippen LogP contribution in [0.5, 0.6) is 0 Å². The maximum atomic E-state index is 12.0. The predicted octanol–water partition coefficient (Wildman–Crippen LogP) is 1.86. The third-order valence-electron chi connectivity index (χ3n) is 3.01. The molecule has 0 radical (unpaired) electrons. The number of carbonyl (C=O) groups is 1. The zero-order valence-electron chi connectivity index (χ0n) is 11.1. The van der Waals surface area contributed by atoms with Gasteiger partial charge in [-0.15, -0.1) is 11.3 Å². The molecule has 0 aliphatic rings. The van der Waals surface area contributed by atoms with E-state index in [4.69, 9.17) is 0 Å². The first-order valence-corrected chi connectivity index (χ1v) is 8.50. The van der Waals surface area contributed by atoms with Crippen molar-refractivity contribution in [2.75, 3.05) is 12.8 Å². The number of hydrogen-bond acceptors (Lipinski definition) is 4. The fraction of sp³-hybridized carbons (Fsp3) is 0.583. The highest BCUT2D eigenvalue weighted by Crippen LogP contribution is 2.18. The van der Waals surface area contributed by atoms with Gasteiger partial charge >= 0.3 is 0 Å². The number of sulfone groups is 1. The van der Waals surface area contributed by atoms with Crippen LogP contribution in [0.1, 0.15) is 36.0 Å². The average molecular weight is 289 g/mol. The fourth-order valence-electron chi connectivity index (χ4n) is 1.32. The Hall–Kier alpha value is -0.880. The normalized spacial score (nSPS) is 12.4. The minimum absolute atomic E-state index is 0.117. The number of nitrogens with one attached hydrogen (secondary N) is 1. The van der Waals surface area contributed by atoms with Gasteiger partial charge in [0, 0.05) is 12.8 Å². The molecular weight excluding hydrogens is 270 g/mol. The highest BCUT2D eigenvalue weighted by Gasteiger charge is 2.30. The van der Waals surface area contributed by atoms with Gasteiger partial charge in [-0.05, 0) is 37.3 Å². The third kappa shape index (κ3) is 3.32. The minimum atomic E-state index is -3.19. The molecule has 0 aliphatic heterocycles. The molecule has 0 saturated heterocycles. The molecule has 0 fully saturated rings. The van der Waals surface area contributed by atoms with Crippen LogP contribution in [0.3, 0.4) is 0 Å². The topological polar surface area (TPSA) is 63.2 Å². The largest absolute Gasteiger partial charge is 0.350 e. The lowest BCUT2D eigenvalue weighted by Gasteiger charge is -2.22. The van der Waals surface area contributed by atoms with Crippen molar-refractivity contribution >= 4 is 27.1 Å². The molecule has 0 saturated carbocycles. The van der Waals surface area contributed by atoms with E-state index in [9.17, 15) is 13.2 Å². The smallest absolute Gasteiger partial charge is 0.261 e. The molecule has 1 aromatic rings. The third-order valence-corrected chi connectivity index (χ3v) is 6.12. The Morgan fingerprint density at radius 2 is 2.06 bits per heavy atom. The summed E-state index contributed by atoms with van der Waals surface area (Å²) in [6, 6.07) is 1.92. The van der Waals surface area contributed by atoms with Crippen molar-refractivity contribution in [1.82, 2.24) is 5.32 Å². The summed E-state index contributed by atoms with van der Waals surface area (Å²) in [4.78, 5) is 12.6. The van der Waals surface area contributed by atoms with Crippen LogP contribution in [-0.2, 0) is 16.3 Å². The summed E-state index contributed by atoms with van der Waals surface area (Å²) in [6.45, 7) is 5.32. The first kappa shape index (κ1) is 15.2. The van der Waals surface area contributed by atoms with E-state index in [1.807, 2.05) is 18.4 Å². The van der Waals surface area contributed by atoms with Crippen molar-refractivity contribution in [1.29, 1.82) is 0 Å². The Morgan fingerprint density at radius 3 is 2.56 bits per heavy atom. The number of amides is 1. The maximum absolute atomic E-state index is 12.0. The molecule has 1 aromatic heterocycles. The van der Waals surface area contributed by atoms with Gasteiger partial charge in [0.1, 0.15) is 0 Å². The van der Waals surface area contributed by atoms with Gasteiger partial charge in [-0.25, -0.2) is 8.42 Å². The van der Waals surface area contributed by atoms with Gasteiger partial charge in [-0.1, -0.05) is 6.92 Å². The van der Waals surface area contributed by atoms with Gasteiger partial charge < -0.3 is 5.32 Å². The molecule has 1 rings (SSSR count). The van der Waals surface area contributed by atoms with Crippen LogP contribution in [-0.4, -0.2) is 31.9 Å². The standard InChI is InChI=1S/C12H19NO3S2/c1-5-9-6-7-17-10(9)11(14)13-8-12(2,3)18(4,15)16/h6-7H,5,8H2,1-4H3,(H,13,14). The Balaban J connectivity index is 2.74. The zero-order valence-corrected chi connectivity index (χ0v) is 12.7. The van der Waals surface area contributed by atoms with E-state index in [1.165, 1.54) is 17.6 Å². The van der Waals surface area contributed by atoms with Crippen molar-refractivity contribution in [2.45, 2.75) is 31.9 Å². The van der Waals surface area contributed by atoms with Crippen molar-refractivity contribution in [3.63, 3.8) is 0 Å². The molecule has 1 amide bonds. The molecule has 0 unspecified atom stereocenters. The molecule has 0 bridgehead atoms. The first-order valence-electron chi connectivity index (χ1n) is 5.73. The van der Waals surface area contributed by atoms with E-state index in [0.717, 1.165) is 12.0 Å². The average Bonchev–Trinajstić information content (AvgIpc) is 2.72. The Morgan fingerprint density at radius 1 is 1.44 bits per heavy atom. The summed E-state index contributed by atoms with van der Waals surface area (Å²) in [7, 11) is -3.19. The lowest BCUT2D eigenvalue weighted by atomic mass is 10.2. The second-order valence-electron chi connectivity index (χ2n) is 4.84. The molecule has 0 atom stereocenters. The zero-order chi connectivity index (χ0) is 14.0. The predicted molar refractivity (Wildman–Crippen MR) is 75.0 cm³/mol. The summed E-state index contributed by atoms with van der Waals surface area (Å²) in [5, 5.41) is 4.57. The van der Waals surface area contributed by atoms with Gasteiger partial charge in [-0.2, -0.15) is 0 Å². The van der Waals surface area contributed by atoms with E-state index in [-0.39, 0.29) is 12.5 Å². The van der Waals surface area contributed by atoms with Gasteiger partial charge in [0.2, 0.25) is 0 Å². The van der Waals surface area contributed by atoms with E-state index in [2.05, 4.69) is 5.32 Å². The monoisotopic (exact) mass is 289 g/mol. The fourth-order valence-corrected chi connectivity index (χ4v) is 2.56.